The summed E-state index contributed by atoms with van der Waals surface area (Å²) in [7, 11) is 0. The molecule has 1 aromatic heterocycles. The lowest BCUT2D eigenvalue weighted by atomic mass is 10.1. The van der Waals surface area contributed by atoms with Crippen LogP contribution >= 0.6 is 0 Å². The van der Waals surface area contributed by atoms with Crippen LogP contribution in [0, 0.1) is 0 Å². The predicted molar refractivity (Wildman–Crippen MR) is 85.3 cm³/mol. The highest BCUT2D eigenvalue weighted by Crippen LogP contribution is 2.18. The Morgan fingerprint density at radius 3 is 2.47 bits per heavy atom. The number of nitrogens with zero attached hydrogens (tertiary/aromatic N) is 2. The van der Waals surface area contributed by atoms with Crippen LogP contribution < -0.4 is 0 Å². The lowest BCUT2D eigenvalue weighted by Gasteiger charge is -2.13. The van der Waals surface area contributed by atoms with Gasteiger partial charge in [0.15, 0.2) is 0 Å². The van der Waals surface area contributed by atoms with E-state index in [9.17, 15) is 0 Å². The molecule has 1 aromatic rings. The zero-order valence-corrected chi connectivity index (χ0v) is 12.6. The van der Waals surface area contributed by atoms with Gasteiger partial charge < -0.3 is 0 Å². The summed E-state index contributed by atoms with van der Waals surface area (Å²) in [5.41, 5.74) is 2.48. The molecule has 0 aliphatic heterocycles. The molecule has 0 amide bonds. The molecular formula is C17H26N2. The fraction of sp³-hybridized carbons (Fsp3) is 0.353. The van der Waals surface area contributed by atoms with Crippen molar-refractivity contribution in [3.05, 3.63) is 67.1 Å². The minimum absolute atomic E-state index is 0.245. The van der Waals surface area contributed by atoms with E-state index in [0.717, 1.165) is 6.42 Å². The summed E-state index contributed by atoms with van der Waals surface area (Å²) in [4.78, 5) is 0. The molecule has 1 unspecified atom stereocenters. The maximum absolute atomic E-state index is 4.38. The molecule has 1 rings (SSSR count). The number of hydrogen-bond donors (Lipinski definition) is 0. The van der Waals surface area contributed by atoms with Gasteiger partial charge in [-0.15, -0.1) is 6.58 Å². The molecule has 2 heteroatoms. The maximum Gasteiger partial charge on any atom is 0.0740 e. The molecule has 0 N–H and O–H groups in total. The van der Waals surface area contributed by atoms with Crippen LogP contribution in [0.2, 0.25) is 0 Å². The molecule has 0 aliphatic rings. The highest BCUT2D eigenvalue weighted by molar-refractivity contribution is 5.26. The minimum atomic E-state index is 0.245. The first-order chi connectivity index (χ1) is 9.14. The summed E-state index contributed by atoms with van der Waals surface area (Å²) in [5.74, 6) is 0. The molecule has 0 bridgehead atoms. The lowest BCUT2D eigenvalue weighted by molar-refractivity contribution is 0.563. The summed E-state index contributed by atoms with van der Waals surface area (Å²) in [6.45, 7) is 15.3. The average Bonchev–Trinajstić information content (AvgIpc) is 2.87. The summed E-state index contributed by atoms with van der Waals surface area (Å²) < 4.78 is 1.99. The third-order valence-corrected chi connectivity index (χ3v) is 2.61. The van der Waals surface area contributed by atoms with E-state index in [4.69, 9.17) is 0 Å². The number of aryl methyl sites for hydroxylation is 1. The summed E-state index contributed by atoms with van der Waals surface area (Å²) in [6, 6.07) is 0.245. The maximum atomic E-state index is 4.38. The zero-order chi connectivity index (χ0) is 14.7. The van der Waals surface area contributed by atoms with Crippen molar-refractivity contribution in [3.63, 3.8) is 0 Å². The molecule has 0 aliphatic carbocycles. The molecule has 0 aromatic carbocycles. The third-order valence-electron chi connectivity index (χ3n) is 2.61. The van der Waals surface area contributed by atoms with Crippen molar-refractivity contribution in [3.8, 4) is 0 Å². The summed E-state index contributed by atoms with van der Waals surface area (Å²) in [6.07, 6.45) is 14.8. The molecule has 0 saturated heterocycles. The van der Waals surface area contributed by atoms with Crippen LogP contribution in [-0.2, 0) is 6.42 Å². The average molecular weight is 258 g/mol. The number of hydrogen-bond acceptors (Lipinski definition) is 1. The van der Waals surface area contributed by atoms with Crippen LogP contribution in [0.4, 0.5) is 0 Å². The topological polar surface area (TPSA) is 17.8 Å². The normalized spacial score (nSPS) is 12.7. The third kappa shape index (κ3) is 6.05. The van der Waals surface area contributed by atoms with Crippen LogP contribution in [-0.4, -0.2) is 9.78 Å². The molecule has 2 nitrogen and oxygen atoms in total. The molecule has 1 atom stereocenters. The van der Waals surface area contributed by atoms with Gasteiger partial charge in [0, 0.05) is 6.20 Å². The number of rotatable bonds is 5. The molecule has 104 valence electrons. The van der Waals surface area contributed by atoms with Gasteiger partial charge >= 0.3 is 0 Å². The Balaban J connectivity index is 0.000000982. The van der Waals surface area contributed by atoms with Crippen LogP contribution in [0.15, 0.2) is 61.5 Å². The van der Waals surface area contributed by atoms with Gasteiger partial charge in [0.2, 0.25) is 0 Å². The Morgan fingerprint density at radius 2 is 2.05 bits per heavy atom. The highest BCUT2D eigenvalue weighted by Gasteiger charge is 2.08. The van der Waals surface area contributed by atoms with E-state index in [0.29, 0.717) is 0 Å². The van der Waals surface area contributed by atoms with E-state index >= 15 is 0 Å². The largest absolute Gasteiger partial charge is 0.265 e. The fourth-order valence-corrected chi connectivity index (χ4v) is 1.59. The van der Waals surface area contributed by atoms with Gasteiger partial charge in [-0.05, 0) is 38.3 Å². The highest BCUT2D eigenvalue weighted by atomic mass is 15.3. The molecule has 1 heterocycles. The molecule has 0 radical (unpaired) electrons. The first kappa shape index (κ1) is 17.2. The number of allylic oxidation sites excluding steroid dienone is 6. The van der Waals surface area contributed by atoms with Gasteiger partial charge in [-0.1, -0.05) is 43.9 Å². The zero-order valence-electron chi connectivity index (χ0n) is 12.6. The van der Waals surface area contributed by atoms with Crippen molar-refractivity contribution in [1.82, 2.24) is 9.78 Å². The molecule has 0 saturated carbocycles. The van der Waals surface area contributed by atoms with E-state index < -0.39 is 0 Å². The van der Waals surface area contributed by atoms with Gasteiger partial charge in [-0.3, -0.25) is 4.68 Å². The van der Waals surface area contributed by atoms with Gasteiger partial charge in [0.05, 0.1) is 12.2 Å². The molecule has 0 fully saturated rings. The van der Waals surface area contributed by atoms with E-state index in [1.807, 2.05) is 43.0 Å². The molecule has 19 heavy (non-hydrogen) atoms. The lowest BCUT2D eigenvalue weighted by Crippen LogP contribution is -2.07. The van der Waals surface area contributed by atoms with Crippen LogP contribution in [0.3, 0.4) is 0 Å². The van der Waals surface area contributed by atoms with Crippen LogP contribution in [0.1, 0.15) is 39.3 Å². The van der Waals surface area contributed by atoms with Crippen molar-refractivity contribution in [2.45, 2.75) is 40.2 Å². The quantitative estimate of drug-likeness (QED) is 0.543. The second-order valence-corrected chi connectivity index (χ2v) is 4.17. The Hall–Kier alpha value is -1.83. The van der Waals surface area contributed by atoms with Gasteiger partial charge in [0.25, 0.3) is 0 Å². The Kier molecular flexibility index (Phi) is 9.15. The molecule has 0 spiro atoms. The van der Waals surface area contributed by atoms with Gasteiger partial charge in [0.1, 0.15) is 0 Å². The Bertz CT molecular complexity index is 436. The monoisotopic (exact) mass is 258 g/mol. The Labute approximate surface area is 117 Å². The van der Waals surface area contributed by atoms with Gasteiger partial charge in [-0.2, -0.15) is 5.10 Å². The second kappa shape index (κ2) is 10.1. The standard InChI is InChI=1S/C14H20N2.C3H6/c1-5-8-14(9-6-2)12(4)16-11-13(7-3)10-15-16;1-3-2/h5-6,8-12H,1,7H2,2-4H3;3H,1H2,2H3/b9-6-,14-8+;. The van der Waals surface area contributed by atoms with Crippen molar-refractivity contribution in [1.29, 1.82) is 0 Å². The van der Waals surface area contributed by atoms with Crippen molar-refractivity contribution in [2.75, 3.05) is 0 Å². The van der Waals surface area contributed by atoms with Crippen molar-refractivity contribution >= 4 is 0 Å². The first-order valence-corrected chi connectivity index (χ1v) is 6.69. The smallest absolute Gasteiger partial charge is 0.0740 e. The van der Waals surface area contributed by atoms with E-state index in [-0.39, 0.29) is 6.04 Å². The van der Waals surface area contributed by atoms with E-state index in [1.54, 1.807) is 6.08 Å². The summed E-state index contributed by atoms with van der Waals surface area (Å²) >= 11 is 0. The van der Waals surface area contributed by atoms with Crippen LogP contribution in [0.5, 0.6) is 0 Å². The van der Waals surface area contributed by atoms with Crippen LogP contribution in [0.25, 0.3) is 0 Å². The minimum Gasteiger partial charge on any atom is -0.265 e. The van der Waals surface area contributed by atoms with Crippen molar-refractivity contribution in [2.24, 2.45) is 0 Å². The number of aromatic nitrogens is 2. The Morgan fingerprint density at radius 1 is 1.42 bits per heavy atom. The fourth-order valence-electron chi connectivity index (χ4n) is 1.59. The first-order valence-electron chi connectivity index (χ1n) is 6.69. The summed E-state index contributed by atoms with van der Waals surface area (Å²) in [5, 5.41) is 4.38. The van der Waals surface area contributed by atoms with Crippen molar-refractivity contribution < 1.29 is 0 Å². The van der Waals surface area contributed by atoms with E-state index in [1.165, 1.54) is 11.1 Å². The SMILES string of the molecule is C=C/C=C(\C=C/C)C(C)n1cc(CC)cn1.C=CC. The predicted octanol–water partition coefficient (Wildman–Crippen LogP) is 4.89. The second-order valence-electron chi connectivity index (χ2n) is 4.17. The van der Waals surface area contributed by atoms with E-state index in [2.05, 4.69) is 44.4 Å². The van der Waals surface area contributed by atoms with Gasteiger partial charge in [-0.25, -0.2) is 0 Å². The molecular weight excluding hydrogens is 232 g/mol.